The van der Waals surface area contributed by atoms with E-state index in [4.69, 9.17) is 11.6 Å². The molecule has 0 bridgehead atoms. The zero-order valence-corrected chi connectivity index (χ0v) is 12.1. The Hall–Kier alpha value is -0.0600. The Morgan fingerprint density at radius 1 is 1.27 bits per heavy atom. The van der Waals surface area contributed by atoms with E-state index in [1.54, 1.807) is 0 Å². The number of halogens is 2. The van der Waals surface area contributed by atoms with Gasteiger partial charge in [0.2, 0.25) is 2.88 Å². The van der Waals surface area contributed by atoms with Crippen LogP contribution in [-0.4, -0.2) is 0 Å². The van der Waals surface area contributed by atoms with Gasteiger partial charge in [-0.2, -0.15) is 0 Å². The van der Waals surface area contributed by atoms with Gasteiger partial charge in [-0.15, -0.1) is 11.6 Å². The first-order chi connectivity index (χ1) is 7.28. The minimum Gasteiger partial charge on any atom is -0.122 e. The van der Waals surface area contributed by atoms with Crippen molar-refractivity contribution < 1.29 is 21.2 Å². The lowest BCUT2D eigenvalue weighted by atomic mass is 10.2. The van der Waals surface area contributed by atoms with E-state index < -0.39 is 0 Å². The molecule has 78 valence electrons. The zero-order valence-electron chi connectivity index (χ0n) is 8.34. The smallest absolute Gasteiger partial charge is 0.122 e. The van der Waals surface area contributed by atoms with Crippen LogP contribution in [0, 0.1) is 13.4 Å². The standard InChI is InChI=1S/C12H11ClIS/c1-9-5-6-12(15-9)14-11-4-2-3-10(7-11)8-13/h2-7H,8H2,1H3/q+1. The minimum atomic E-state index is -0.0135. The van der Waals surface area contributed by atoms with Crippen LogP contribution in [0.15, 0.2) is 36.4 Å². The van der Waals surface area contributed by atoms with Crippen molar-refractivity contribution in [3.05, 3.63) is 53.3 Å². The van der Waals surface area contributed by atoms with E-state index in [2.05, 4.69) is 43.3 Å². The molecule has 0 saturated carbocycles. The first kappa shape index (κ1) is 11.4. The molecular formula is C12H11ClIS+. The summed E-state index contributed by atoms with van der Waals surface area (Å²) < 4.78 is 2.98. The lowest BCUT2D eigenvalue weighted by Crippen LogP contribution is -3.61. The minimum absolute atomic E-state index is 0.0135. The summed E-state index contributed by atoms with van der Waals surface area (Å²) in [5, 5.41) is 0. The summed E-state index contributed by atoms with van der Waals surface area (Å²) in [5.41, 5.74) is 1.22. The largest absolute Gasteiger partial charge is 0.369 e. The Morgan fingerprint density at radius 2 is 2.13 bits per heavy atom. The molecule has 0 nitrogen and oxygen atoms in total. The topological polar surface area (TPSA) is 0 Å². The molecule has 0 amide bonds. The summed E-state index contributed by atoms with van der Waals surface area (Å²) in [6, 6.07) is 13.1. The molecule has 0 aliphatic rings. The molecule has 0 saturated heterocycles. The van der Waals surface area contributed by atoms with Crippen LogP contribution >= 0.6 is 22.9 Å². The van der Waals surface area contributed by atoms with Gasteiger partial charge in [-0.25, -0.2) is 0 Å². The van der Waals surface area contributed by atoms with E-state index >= 15 is 0 Å². The first-order valence-corrected chi connectivity index (χ1v) is 8.15. The molecular weight excluding hydrogens is 339 g/mol. The molecule has 2 rings (SSSR count). The number of alkyl halides is 1. The van der Waals surface area contributed by atoms with Crippen LogP contribution < -0.4 is 21.2 Å². The summed E-state index contributed by atoms with van der Waals surface area (Å²) >= 11 is 7.72. The molecule has 1 heterocycles. The summed E-state index contributed by atoms with van der Waals surface area (Å²) in [6.45, 7) is 2.16. The Kier molecular flexibility index (Phi) is 4.05. The maximum atomic E-state index is 5.82. The highest BCUT2D eigenvalue weighted by Crippen LogP contribution is 2.06. The lowest BCUT2D eigenvalue weighted by molar-refractivity contribution is -0.591. The molecule has 3 heteroatoms. The molecule has 0 unspecified atom stereocenters. The summed E-state index contributed by atoms with van der Waals surface area (Å²) in [4.78, 5) is 1.40. The second-order valence-corrected chi connectivity index (χ2v) is 8.44. The van der Waals surface area contributed by atoms with E-state index in [0.717, 1.165) is 0 Å². The highest BCUT2D eigenvalue weighted by molar-refractivity contribution is 7.09. The van der Waals surface area contributed by atoms with Crippen LogP contribution in [0.4, 0.5) is 0 Å². The normalized spacial score (nSPS) is 10.5. The fourth-order valence-electron chi connectivity index (χ4n) is 1.24. The molecule has 0 aliphatic carbocycles. The van der Waals surface area contributed by atoms with Gasteiger partial charge in [-0.3, -0.25) is 0 Å². The summed E-state index contributed by atoms with van der Waals surface area (Å²) in [7, 11) is 0. The molecule has 1 aromatic carbocycles. The monoisotopic (exact) mass is 349 g/mol. The Labute approximate surface area is 110 Å². The van der Waals surface area contributed by atoms with Crippen molar-refractivity contribution in [2.24, 2.45) is 0 Å². The van der Waals surface area contributed by atoms with Gasteiger partial charge in [-0.05, 0) is 30.7 Å². The molecule has 0 spiro atoms. The predicted octanol–water partition coefficient (Wildman–Crippen LogP) is 0.924. The van der Waals surface area contributed by atoms with Crippen LogP contribution in [-0.2, 0) is 5.88 Å². The highest BCUT2D eigenvalue weighted by Gasteiger charge is 2.17. The number of thiophene rings is 1. The van der Waals surface area contributed by atoms with Crippen LogP contribution in [0.1, 0.15) is 10.4 Å². The second-order valence-electron chi connectivity index (χ2n) is 3.21. The van der Waals surface area contributed by atoms with Crippen molar-refractivity contribution in [3.63, 3.8) is 0 Å². The van der Waals surface area contributed by atoms with E-state index in [1.807, 2.05) is 11.3 Å². The Balaban J connectivity index is 2.16. The third-order valence-electron chi connectivity index (χ3n) is 1.95. The van der Waals surface area contributed by atoms with Crippen molar-refractivity contribution in [2.45, 2.75) is 12.8 Å². The van der Waals surface area contributed by atoms with Crippen molar-refractivity contribution in [3.8, 4) is 0 Å². The number of benzene rings is 1. The predicted molar refractivity (Wildman–Crippen MR) is 62.4 cm³/mol. The second kappa shape index (κ2) is 5.32. The summed E-state index contributed by atoms with van der Waals surface area (Å²) in [6.07, 6.45) is 0. The molecule has 2 aromatic rings. The van der Waals surface area contributed by atoms with Crippen LogP contribution in [0.5, 0.6) is 0 Å². The lowest BCUT2D eigenvalue weighted by Gasteiger charge is -1.91. The van der Waals surface area contributed by atoms with Crippen molar-refractivity contribution >= 4 is 22.9 Å². The number of rotatable bonds is 3. The fraction of sp³-hybridized carbons (Fsp3) is 0.167. The number of hydrogen-bond donors (Lipinski definition) is 0. The van der Waals surface area contributed by atoms with E-state index in [0.29, 0.717) is 5.88 Å². The zero-order chi connectivity index (χ0) is 10.7. The van der Waals surface area contributed by atoms with Crippen LogP contribution in [0.2, 0.25) is 0 Å². The fourth-order valence-corrected chi connectivity index (χ4v) is 5.91. The van der Waals surface area contributed by atoms with Crippen molar-refractivity contribution in [1.82, 2.24) is 0 Å². The third-order valence-corrected chi connectivity index (χ3v) is 6.41. The molecule has 15 heavy (non-hydrogen) atoms. The van der Waals surface area contributed by atoms with Crippen LogP contribution in [0.3, 0.4) is 0 Å². The van der Waals surface area contributed by atoms with Gasteiger partial charge >= 0.3 is 21.2 Å². The van der Waals surface area contributed by atoms with Gasteiger partial charge in [0.15, 0.2) is 3.57 Å². The van der Waals surface area contributed by atoms with Gasteiger partial charge in [0.1, 0.15) is 0 Å². The SMILES string of the molecule is Cc1ccc([I+]c2cccc(CCl)c2)s1. The average Bonchev–Trinajstić information content (AvgIpc) is 2.64. The molecule has 0 fully saturated rings. The van der Waals surface area contributed by atoms with Gasteiger partial charge in [-0.1, -0.05) is 23.5 Å². The molecule has 0 aliphatic heterocycles. The molecule has 0 atom stereocenters. The van der Waals surface area contributed by atoms with Gasteiger partial charge in [0.05, 0.1) is 0 Å². The van der Waals surface area contributed by atoms with Gasteiger partial charge in [0, 0.05) is 16.8 Å². The van der Waals surface area contributed by atoms with Crippen molar-refractivity contribution in [2.75, 3.05) is 0 Å². The average molecular weight is 350 g/mol. The number of aryl methyl sites for hydroxylation is 1. The molecule has 1 aromatic heterocycles. The number of hydrogen-bond acceptors (Lipinski definition) is 1. The third kappa shape index (κ3) is 3.20. The van der Waals surface area contributed by atoms with Gasteiger partial charge < -0.3 is 0 Å². The van der Waals surface area contributed by atoms with Gasteiger partial charge in [0.25, 0.3) is 0 Å². The van der Waals surface area contributed by atoms with E-state index in [9.17, 15) is 0 Å². The maximum Gasteiger partial charge on any atom is 0.369 e. The van der Waals surface area contributed by atoms with Crippen LogP contribution in [0.25, 0.3) is 0 Å². The van der Waals surface area contributed by atoms with E-state index in [1.165, 1.54) is 16.9 Å². The Bertz CT molecular complexity index is 450. The molecule has 0 N–H and O–H groups in total. The maximum absolute atomic E-state index is 5.82. The highest BCUT2D eigenvalue weighted by atomic mass is 127. The Morgan fingerprint density at radius 3 is 2.80 bits per heavy atom. The van der Waals surface area contributed by atoms with Crippen molar-refractivity contribution in [1.29, 1.82) is 0 Å². The molecule has 0 radical (unpaired) electrons. The first-order valence-electron chi connectivity index (χ1n) is 4.64. The quantitative estimate of drug-likeness (QED) is 0.571. The summed E-state index contributed by atoms with van der Waals surface area (Å²) in [5.74, 6) is 0.612. The van der Waals surface area contributed by atoms with E-state index in [-0.39, 0.29) is 21.2 Å².